The Bertz CT molecular complexity index is 1360. The molecule has 1 unspecified atom stereocenters. The van der Waals surface area contributed by atoms with Gasteiger partial charge in [-0.3, -0.25) is 9.59 Å². The van der Waals surface area contributed by atoms with Crippen LogP contribution in [0.2, 0.25) is 0 Å². The van der Waals surface area contributed by atoms with E-state index in [1.54, 1.807) is 6.20 Å². The van der Waals surface area contributed by atoms with Crippen LogP contribution in [0.15, 0.2) is 22.4 Å². The van der Waals surface area contributed by atoms with Crippen LogP contribution in [0.25, 0.3) is 0 Å². The highest BCUT2D eigenvalue weighted by Crippen LogP contribution is 2.73. The first-order chi connectivity index (χ1) is 19.4. The van der Waals surface area contributed by atoms with Gasteiger partial charge in [-0.2, -0.15) is 13.2 Å². The first-order valence-electron chi connectivity index (χ1n) is 15.4. The third kappa shape index (κ3) is 3.96. The summed E-state index contributed by atoms with van der Waals surface area (Å²) < 4.78 is 44.6. The number of hydrogen-bond donors (Lipinski definition) is 1. The minimum absolute atomic E-state index is 0.0399. The predicted molar refractivity (Wildman–Crippen MR) is 149 cm³/mol. The van der Waals surface area contributed by atoms with Crippen LogP contribution >= 0.6 is 0 Å². The Labute approximate surface area is 245 Å². The topological polar surface area (TPSA) is 89.3 Å². The average Bonchev–Trinajstić information content (AvgIpc) is 3.36. The highest BCUT2D eigenvalue weighted by Gasteiger charge is 2.69. The number of hydrogen-bond acceptors (Lipinski definition) is 5. The summed E-state index contributed by atoms with van der Waals surface area (Å²) in [5.74, 6) is -0.963. The molecular formula is C33H43F3N2O4. The third-order valence-corrected chi connectivity index (χ3v) is 13.0. The molecule has 0 aromatic carbocycles. The summed E-state index contributed by atoms with van der Waals surface area (Å²) in [7, 11) is 0. The molecule has 42 heavy (non-hydrogen) atoms. The predicted octanol–water partition coefficient (Wildman–Crippen LogP) is 6.38. The van der Waals surface area contributed by atoms with Crippen LogP contribution < -0.4 is 5.32 Å². The summed E-state index contributed by atoms with van der Waals surface area (Å²) in [6, 6.07) is 0. The van der Waals surface area contributed by atoms with E-state index in [1.165, 1.54) is 0 Å². The van der Waals surface area contributed by atoms with Gasteiger partial charge >= 0.3 is 6.18 Å². The molecule has 5 aliphatic carbocycles. The van der Waals surface area contributed by atoms with Crippen molar-refractivity contribution in [1.29, 1.82) is 0 Å². The van der Waals surface area contributed by atoms with Crippen molar-refractivity contribution in [2.75, 3.05) is 6.54 Å². The number of aldehydes is 1. The number of carbonyl (C=O) groups is 3. The molecule has 6 nitrogen and oxygen atoms in total. The lowest BCUT2D eigenvalue weighted by molar-refractivity contribution is -0.166. The Hall–Kier alpha value is -2.45. The first kappa shape index (κ1) is 29.6. The van der Waals surface area contributed by atoms with E-state index in [0.29, 0.717) is 25.0 Å². The summed E-state index contributed by atoms with van der Waals surface area (Å²) in [5, 5.41) is 6.20. The maximum atomic E-state index is 14.4. The van der Waals surface area contributed by atoms with E-state index < -0.39 is 35.4 Å². The SMILES string of the molecule is CC1(C)C[C@@H]2C(CC[C@]3(C)[C@@H]2C(=O)C=C2[C@@]4(C)Cc5cnoc5[C@@](C)(C=O)[C@@H]4CC[C@]23C)[C@H](C(=O)NCC(F)(F)F)C1. The molecule has 3 fully saturated rings. The van der Waals surface area contributed by atoms with E-state index in [1.807, 2.05) is 13.0 Å². The lowest BCUT2D eigenvalue weighted by Crippen LogP contribution is -2.65. The van der Waals surface area contributed by atoms with Crippen molar-refractivity contribution in [3.8, 4) is 0 Å². The Balaban J connectivity index is 1.41. The number of ketones is 1. The van der Waals surface area contributed by atoms with E-state index >= 15 is 0 Å². The van der Waals surface area contributed by atoms with Gasteiger partial charge < -0.3 is 14.6 Å². The molecule has 1 heterocycles. The fourth-order valence-electron chi connectivity index (χ4n) is 11.1. The smallest absolute Gasteiger partial charge is 0.360 e. The fraction of sp³-hybridized carbons (Fsp3) is 0.758. The Morgan fingerprint density at radius 1 is 1.10 bits per heavy atom. The third-order valence-electron chi connectivity index (χ3n) is 13.0. The van der Waals surface area contributed by atoms with Gasteiger partial charge in [-0.1, -0.05) is 45.3 Å². The van der Waals surface area contributed by atoms with Crippen LogP contribution in [0.3, 0.4) is 0 Å². The molecule has 3 saturated carbocycles. The summed E-state index contributed by atoms with van der Waals surface area (Å²) in [5.41, 5.74) is -0.223. The van der Waals surface area contributed by atoms with Gasteiger partial charge in [0.25, 0.3) is 0 Å². The largest absolute Gasteiger partial charge is 0.405 e. The van der Waals surface area contributed by atoms with Crippen molar-refractivity contribution in [2.24, 2.45) is 51.2 Å². The summed E-state index contributed by atoms with van der Waals surface area (Å²) in [4.78, 5) is 40.3. The first-order valence-corrected chi connectivity index (χ1v) is 15.4. The van der Waals surface area contributed by atoms with Crippen LogP contribution in [-0.2, 0) is 26.2 Å². The highest BCUT2D eigenvalue weighted by molar-refractivity contribution is 5.95. The maximum absolute atomic E-state index is 14.4. The molecule has 0 spiro atoms. The van der Waals surface area contributed by atoms with E-state index in [9.17, 15) is 27.6 Å². The van der Waals surface area contributed by atoms with Crippen molar-refractivity contribution in [1.82, 2.24) is 10.5 Å². The lowest BCUT2D eigenvalue weighted by atomic mass is 9.35. The average molecular weight is 589 g/mol. The second-order valence-electron chi connectivity index (χ2n) is 15.8. The van der Waals surface area contributed by atoms with Gasteiger partial charge in [-0.05, 0) is 97.4 Å². The number of rotatable bonds is 3. The van der Waals surface area contributed by atoms with Gasteiger partial charge in [-0.25, -0.2) is 0 Å². The zero-order chi connectivity index (χ0) is 30.7. The molecular weight excluding hydrogens is 545 g/mol. The van der Waals surface area contributed by atoms with Gasteiger partial charge in [-0.15, -0.1) is 0 Å². The number of nitrogens with one attached hydrogen (secondary N) is 1. The molecule has 9 heteroatoms. The standard InChI is InChI=1S/C33H43F3N2O4/c1-28(2)13-20-19(21(14-28)27(41)37-16-33(34,35)36)7-9-32(6)25(20)22(40)11-24-29(3)12-18-15-38-42-26(18)30(4,17-39)23(29)8-10-31(24,32)5/h11,15,17,19-21,23,25H,7-10,12-14,16H2,1-6H3,(H,37,41)/t19?,20-,21-,23-,25+,29+,30+,31-,32-/m1/s1. The fourth-order valence-corrected chi connectivity index (χ4v) is 11.1. The Morgan fingerprint density at radius 3 is 2.48 bits per heavy atom. The number of halogens is 3. The van der Waals surface area contributed by atoms with Crippen LogP contribution in [0.1, 0.15) is 91.4 Å². The molecule has 0 bridgehead atoms. The molecule has 230 valence electrons. The maximum Gasteiger partial charge on any atom is 0.405 e. The molecule has 0 saturated heterocycles. The van der Waals surface area contributed by atoms with Gasteiger partial charge in [0, 0.05) is 17.4 Å². The summed E-state index contributed by atoms with van der Waals surface area (Å²) in [6.07, 6.45) is 5.10. The van der Waals surface area contributed by atoms with Gasteiger partial charge in [0.1, 0.15) is 12.8 Å². The molecule has 0 radical (unpaired) electrons. The van der Waals surface area contributed by atoms with Crippen molar-refractivity contribution in [3.63, 3.8) is 0 Å². The number of carbonyl (C=O) groups excluding carboxylic acids is 3. The summed E-state index contributed by atoms with van der Waals surface area (Å²) >= 11 is 0. The normalized spacial score (nSPS) is 44.0. The number of fused-ring (bicyclic) bond motifs is 8. The van der Waals surface area contributed by atoms with Crippen molar-refractivity contribution >= 4 is 18.0 Å². The molecule has 1 N–H and O–H groups in total. The highest BCUT2D eigenvalue weighted by atomic mass is 19.4. The number of allylic oxidation sites excluding steroid dienone is 2. The molecule has 1 amide bonds. The lowest BCUT2D eigenvalue weighted by Gasteiger charge is -2.68. The van der Waals surface area contributed by atoms with E-state index in [0.717, 1.165) is 43.1 Å². The Kier molecular flexibility index (Phi) is 6.37. The molecule has 9 atom stereocenters. The van der Waals surface area contributed by atoms with Crippen molar-refractivity contribution in [3.05, 3.63) is 29.2 Å². The summed E-state index contributed by atoms with van der Waals surface area (Å²) in [6.45, 7) is 11.5. The molecule has 5 aliphatic rings. The van der Waals surface area contributed by atoms with Gasteiger partial charge in [0.15, 0.2) is 11.5 Å². The second kappa shape index (κ2) is 9.04. The quantitative estimate of drug-likeness (QED) is 0.414. The molecule has 6 rings (SSSR count). The van der Waals surface area contributed by atoms with Crippen LogP contribution in [-0.4, -0.2) is 35.9 Å². The van der Waals surface area contributed by atoms with E-state index in [-0.39, 0.29) is 45.7 Å². The van der Waals surface area contributed by atoms with Crippen molar-refractivity contribution in [2.45, 2.75) is 98.1 Å². The Morgan fingerprint density at radius 2 is 1.81 bits per heavy atom. The van der Waals surface area contributed by atoms with Crippen LogP contribution in [0, 0.1) is 51.2 Å². The van der Waals surface area contributed by atoms with Gasteiger partial charge in [0.05, 0.1) is 11.6 Å². The number of alkyl halides is 3. The number of nitrogens with zero attached hydrogens (tertiary/aromatic N) is 1. The zero-order valence-corrected chi connectivity index (χ0v) is 25.5. The zero-order valence-electron chi connectivity index (χ0n) is 25.5. The molecule has 0 aliphatic heterocycles. The molecule has 1 aromatic heterocycles. The van der Waals surface area contributed by atoms with Gasteiger partial charge in [0.2, 0.25) is 5.91 Å². The van der Waals surface area contributed by atoms with Crippen molar-refractivity contribution < 1.29 is 32.1 Å². The minimum atomic E-state index is -4.47. The van der Waals surface area contributed by atoms with Crippen LogP contribution in [0.5, 0.6) is 0 Å². The molecule has 1 aromatic rings. The number of aromatic nitrogens is 1. The monoisotopic (exact) mass is 588 g/mol. The minimum Gasteiger partial charge on any atom is -0.360 e. The van der Waals surface area contributed by atoms with E-state index in [2.05, 4.69) is 45.1 Å². The second-order valence-corrected chi connectivity index (χ2v) is 15.8. The van der Waals surface area contributed by atoms with Crippen LogP contribution in [0.4, 0.5) is 13.2 Å². The van der Waals surface area contributed by atoms with E-state index in [4.69, 9.17) is 4.52 Å². The number of amides is 1.